The topological polar surface area (TPSA) is 77.5 Å². The number of pyridine rings is 1. The molecule has 27 heavy (non-hydrogen) atoms. The number of para-hydroxylation sites is 1. The maximum Gasteiger partial charge on any atom is 0.316 e. The summed E-state index contributed by atoms with van der Waals surface area (Å²) in [6.45, 7) is 5.28. The zero-order valence-electron chi connectivity index (χ0n) is 15.3. The lowest BCUT2D eigenvalue weighted by Crippen LogP contribution is -2.03. The highest BCUT2D eigenvalue weighted by Crippen LogP contribution is 2.29. The first-order chi connectivity index (χ1) is 13.3. The second-order valence-corrected chi connectivity index (χ2v) is 6.24. The first-order valence-electron chi connectivity index (χ1n) is 8.97. The van der Waals surface area contributed by atoms with E-state index in [1.165, 1.54) is 0 Å². The van der Waals surface area contributed by atoms with Crippen LogP contribution in [0, 0.1) is 6.92 Å². The Labute approximate surface area is 157 Å². The maximum absolute atomic E-state index is 5.78. The molecule has 0 aliphatic rings. The van der Waals surface area contributed by atoms with Gasteiger partial charge in [0.25, 0.3) is 5.89 Å². The zero-order chi connectivity index (χ0) is 18.6. The molecule has 0 aliphatic carbocycles. The molecule has 0 atom stereocenters. The summed E-state index contributed by atoms with van der Waals surface area (Å²) in [4.78, 5) is 4.46. The van der Waals surface area contributed by atoms with Crippen molar-refractivity contribution in [2.45, 2.75) is 26.8 Å². The molecule has 1 aromatic carbocycles. The molecule has 3 heterocycles. The molecule has 4 aromatic rings. The van der Waals surface area contributed by atoms with Gasteiger partial charge in [0.15, 0.2) is 0 Å². The minimum Gasteiger partial charge on any atom is -0.493 e. The number of fused-ring (bicyclic) bond motifs is 1. The number of benzene rings is 1. The standard InChI is InChI=1S/C20H21N5O2/c1-3-11-26-17-9-5-4-8-16(17)19-23-24-20(27-19)22-13-15-12-21-18-14(2)7-6-10-25(15)18/h4-10,12H,3,11,13H2,1-2H3,(H,22,24). The second-order valence-electron chi connectivity index (χ2n) is 6.24. The van der Waals surface area contributed by atoms with Gasteiger partial charge in [-0.05, 0) is 37.1 Å². The molecule has 0 spiro atoms. The van der Waals surface area contributed by atoms with E-state index in [9.17, 15) is 0 Å². The normalized spacial score (nSPS) is 11.0. The van der Waals surface area contributed by atoms with Crippen LogP contribution in [-0.2, 0) is 6.54 Å². The van der Waals surface area contributed by atoms with Crippen LogP contribution in [0.1, 0.15) is 24.6 Å². The largest absolute Gasteiger partial charge is 0.493 e. The minimum absolute atomic E-state index is 0.359. The number of nitrogens with one attached hydrogen (secondary N) is 1. The van der Waals surface area contributed by atoms with Crippen LogP contribution in [0.4, 0.5) is 6.01 Å². The molecule has 138 valence electrons. The summed E-state index contributed by atoms with van der Waals surface area (Å²) in [7, 11) is 0. The van der Waals surface area contributed by atoms with E-state index in [2.05, 4.69) is 27.4 Å². The van der Waals surface area contributed by atoms with Gasteiger partial charge in [0.05, 0.1) is 30.6 Å². The van der Waals surface area contributed by atoms with Crippen molar-refractivity contribution in [3.63, 3.8) is 0 Å². The summed E-state index contributed by atoms with van der Waals surface area (Å²) in [5.74, 6) is 1.17. The molecule has 7 nitrogen and oxygen atoms in total. The highest BCUT2D eigenvalue weighted by atomic mass is 16.5. The monoisotopic (exact) mass is 363 g/mol. The Kier molecular flexibility index (Phi) is 4.74. The maximum atomic E-state index is 5.78. The molecule has 0 bridgehead atoms. The lowest BCUT2D eigenvalue weighted by molar-refractivity contribution is 0.318. The highest BCUT2D eigenvalue weighted by molar-refractivity contribution is 5.62. The summed E-state index contributed by atoms with van der Waals surface area (Å²) < 4.78 is 13.6. The third-order valence-corrected chi connectivity index (χ3v) is 4.23. The summed E-state index contributed by atoms with van der Waals surface area (Å²) in [6, 6.07) is 12.1. The van der Waals surface area contributed by atoms with Crippen molar-refractivity contribution in [1.29, 1.82) is 0 Å². The summed E-state index contributed by atoms with van der Waals surface area (Å²) >= 11 is 0. The highest BCUT2D eigenvalue weighted by Gasteiger charge is 2.14. The average Bonchev–Trinajstić information content (AvgIpc) is 3.33. The predicted molar refractivity (Wildman–Crippen MR) is 103 cm³/mol. The smallest absolute Gasteiger partial charge is 0.316 e. The number of anilines is 1. The van der Waals surface area contributed by atoms with E-state index in [1.807, 2.05) is 60.1 Å². The van der Waals surface area contributed by atoms with Crippen LogP contribution in [0.2, 0.25) is 0 Å². The van der Waals surface area contributed by atoms with E-state index >= 15 is 0 Å². The Morgan fingerprint density at radius 1 is 1.15 bits per heavy atom. The van der Waals surface area contributed by atoms with Gasteiger partial charge in [-0.25, -0.2) is 4.98 Å². The third-order valence-electron chi connectivity index (χ3n) is 4.23. The number of imidazole rings is 1. The Morgan fingerprint density at radius 2 is 2.04 bits per heavy atom. The summed E-state index contributed by atoms with van der Waals surface area (Å²) in [6.07, 6.45) is 4.77. The molecular formula is C20H21N5O2. The van der Waals surface area contributed by atoms with Gasteiger partial charge in [0, 0.05) is 6.20 Å². The second kappa shape index (κ2) is 7.49. The molecule has 0 saturated carbocycles. The van der Waals surface area contributed by atoms with Crippen molar-refractivity contribution in [2.24, 2.45) is 0 Å². The van der Waals surface area contributed by atoms with Crippen LogP contribution in [-0.4, -0.2) is 26.2 Å². The van der Waals surface area contributed by atoms with Gasteiger partial charge in [-0.2, -0.15) is 0 Å². The van der Waals surface area contributed by atoms with Crippen molar-refractivity contribution in [2.75, 3.05) is 11.9 Å². The number of aryl methyl sites for hydroxylation is 1. The van der Waals surface area contributed by atoms with Crippen molar-refractivity contribution >= 4 is 11.7 Å². The fraction of sp³-hybridized carbons (Fsp3) is 0.250. The lowest BCUT2D eigenvalue weighted by Gasteiger charge is -2.07. The first kappa shape index (κ1) is 17.1. The zero-order valence-corrected chi connectivity index (χ0v) is 15.3. The molecule has 3 aromatic heterocycles. The third kappa shape index (κ3) is 3.48. The van der Waals surface area contributed by atoms with Crippen LogP contribution in [0.15, 0.2) is 53.2 Å². The van der Waals surface area contributed by atoms with Gasteiger partial charge in [-0.1, -0.05) is 30.2 Å². The van der Waals surface area contributed by atoms with E-state index in [-0.39, 0.29) is 0 Å². The quantitative estimate of drug-likeness (QED) is 0.533. The van der Waals surface area contributed by atoms with Crippen molar-refractivity contribution in [1.82, 2.24) is 19.6 Å². The fourth-order valence-corrected chi connectivity index (χ4v) is 2.88. The molecule has 0 amide bonds. The van der Waals surface area contributed by atoms with Gasteiger partial charge < -0.3 is 18.9 Å². The number of hydrogen-bond acceptors (Lipinski definition) is 6. The summed E-state index contributed by atoms with van der Waals surface area (Å²) in [5, 5.41) is 11.4. The minimum atomic E-state index is 0.359. The van der Waals surface area contributed by atoms with Gasteiger partial charge in [0.2, 0.25) is 0 Å². The molecular weight excluding hydrogens is 342 g/mol. The summed E-state index contributed by atoms with van der Waals surface area (Å²) in [5.41, 5.74) is 3.88. The Bertz CT molecular complexity index is 1050. The SMILES string of the molecule is CCCOc1ccccc1-c1nnc(NCc2cnc3c(C)cccn23)o1. The molecule has 0 unspecified atom stereocenters. The van der Waals surface area contributed by atoms with E-state index in [0.717, 1.165) is 34.6 Å². The Hall–Kier alpha value is -3.35. The van der Waals surface area contributed by atoms with Crippen molar-refractivity contribution < 1.29 is 9.15 Å². The van der Waals surface area contributed by atoms with E-state index in [0.29, 0.717) is 25.1 Å². The van der Waals surface area contributed by atoms with E-state index < -0.39 is 0 Å². The molecule has 0 fully saturated rings. The average molecular weight is 363 g/mol. The van der Waals surface area contributed by atoms with Crippen LogP contribution in [0.5, 0.6) is 5.75 Å². The molecule has 1 N–H and O–H groups in total. The van der Waals surface area contributed by atoms with Gasteiger partial charge in [0.1, 0.15) is 11.4 Å². The molecule has 7 heteroatoms. The Morgan fingerprint density at radius 3 is 2.93 bits per heavy atom. The first-order valence-corrected chi connectivity index (χ1v) is 8.97. The van der Waals surface area contributed by atoms with Crippen molar-refractivity contribution in [3.8, 4) is 17.2 Å². The van der Waals surface area contributed by atoms with Gasteiger partial charge in [-0.15, -0.1) is 5.10 Å². The van der Waals surface area contributed by atoms with Crippen LogP contribution < -0.4 is 10.1 Å². The number of ether oxygens (including phenoxy) is 1. The lowest BCUT2D eigenvalue weighted by atomic mass is 10.2. The number of rotatable bonds is 7. The molecule has 0 radical (unpaired) electrons. The Balaban J connectivity index is 1.51. The van der Waals surface area contributed by atoms with Gasteiger partial charge >= 0.3 is 6.01 Å². The van der Waals surface area contributed by atoms with Crippen LogP contribution in [0.25, 0.3) is 17.1 Å². The fourth-order valence-electron chi connectivity index (χ4n) is 2.88. The molecule has 0 saturated heterocycles. The van der Waals surface area contributed by atoms with E-state index in [4.69, 9.17) is 9.15 Å². The van der Waals surface area contributed by atoms with E-state index in [1.54, 1.807) is 0 Å². The van der Waals surface area contributed by atoms with Gasteiger partial charge in [-0.3, -0.25) is 0 Å². The van der Waals surface area contributed by atoms with Crippen LogP contribution in [0.3, 0.4) is 0 Å². The van der Waals surface area contributed by atoms with Crippen LogP contribution >= 0.6 is 0 Å². The number of aromatic nitrogens is 4. The van der Waals surface area contributed by atoms with Crippen molar-refractivity contribution in [3.05, 3.63) is 60.0 Å². The number of hydrogen-bond donors (Lipinski definition) is 1. The number of nitrogens with zero attached hydrogens (tertiary/aromatic N) is 4. The molecule has 0 aliphatic heterocycles. The predicted octanol–water partition coefficient (Wildman–Crippen LogP) is 4.09. The molecule has 4 rings (SSSR count).